The Morgan fingerprint density at radius 2 is 1.68 bits per heavy atom. The van der Waals surface area contributed by atoms with Gasteiger partial charge in [0.25, 0.3) is 0 Å². The van der Waals surface area contributed by atoms with E-state index in [0.29, 0.717) is 12.8 Å². The molecule has 2 rings (SSSR count). The maximum atomic E-state index is 11.4. The molecular formula is C20H32NO6P. The van der Waals surface area contributed by atoms with Crippen molar-refractivity contribution >= 4 is 13.9 Å². The fourth-order valence-corrected chi connectivity index (χ4v) is 3.77. The van der Waals surface area contributed by atoms with Crippen LogP contribution < -0.4 is 5.32 Å². The van der Waals surface area contributed by atoms with Gasteiger partial charge in [0, 0.05) is 0 Å². The molecule has 1 aliphatic rings. The number of carbonyl (C=O) groups excluding carboxylic acids is 1. The van der Waals surface area contributed by atoms with Gasteiger partial charge in [0.2, 0.25) is 0 Å². The number of amides is 1. The van der Waals surface area contributed by atoms with Crippen LogP contribution in [0.2, 0.25) is 0 Å². The number of aryl methyl sites for hydroxylation is 2. The van der Waals surface area contributed by atoms with Crippen molar-refractivity contribution in [3.05, 3.63) is 35.4 Å². The summed E-state index contributed by atoms with van der Waals surface area (Å²) in [5.41, 5.74) is 1.50. The van der Waals surface area contributed by atoms with Crippen LogP contribution >= 0.6 is 7.82 Å². The van der Waals surface area contributed by atoms with E-state index in [0.717, 1.165) is 12.0 Å². The molecule has 3 N–H and O–H groups in total. The van der Waals surface area contributed by atoms with E-state index in [-0.39, 0.29) is 13.2 Å². The van der Waals surface area contributed by atoms with Gasteiger partial charge < -0.3 is 19.8 Å². The van der Waals surface area contributed by atoms with Crippen LogP contribution in [0, 0.1) is 0 Å². The van der Waals surface area contributed by atoms with E-state index >= 15 is 0 Å². The highest BCUT2D eigenvalue weighted by atomic mass is 31.2. The van der Waals surface area contributed by atoms with Gasteiger partial charge in [-0.1, -0.05) is 63.3 Å². The molecular weight excluding hydrogens is 381 g/mol. The van der Waals surface area contributed by atoms with Crippen LogP contribution in [0.5, 0.6) is 0 Å². The van der Waals surface area contributed by atoms with Crippen LogP contribution in [0.15, 0.2) is 24.3 Å². The average molecular weight is 413 g/mol. The molecule has 8 heteroatoms. The zero-order valence-electron chi connectivity index (χ0n) is 16.6. The Bertz CT molecular complexity index is 659. The summed E-state index contributed by atoms with van der Waals surface area (Å²) in [6.45, 7) is 1.96. The summed E-state index contributed by atoms with van der Waals surface area (Å²) >= 11 is 0. The van der Waals surface area contributed by atoms with E-state index in [1.807, 2.05) is 0 Å². The number of alkyl carbamates (subject to hydrolysis) is 1. The van der Waals surface area contributed by atoms with Gasteiger partial charge in [0.15, 0.2) is 0 Å². The molecule has 0 radical (unpaired) electrons. The van der Waals surface area contributed by atoms with Gasteiger partial charge in [0.05, 0.1) is 6.61 Å². The smallest absolute Gasteiger partial charge is 0.447 e. The van der Waals surface area contributed by atoms with Crippen molar-refractivity contribution in [3.8, 4) is 0 Å². The molecule has 0 aliphatic carbocycles. The molecule has 1 aliphatic heterocycles. The van der Waals surface area contributed by atoms with Crippen LogP contribution in [0.3, 0.4) is 0 Å². The Kier molecular flexibility index (Phi) is 8.96. The number of ether oxygens (including phenoxy) is 1. The monoisotopic (exact) mass is 413 g/mol. The van der Waals surface area contributed by atoms with Crippen LogP contribution in [0.4, 0.5) is 4.79 Å². The van der Waals surface area contributed by atoms with Crippen molar-refractivity contribution in [1.82, 2.24) is 5.32 Å². The number of hydrogen-bond donors (Lipinski definition) is 3. The lowest BCUT2D eigenvalue weighted by molar-refractivity contribution is 0.122. The minimum absolute atomic E-state index is 0.0297. The SMILES string of the molecule is CCCCCCCCc1ccc(CCC2(COP(=O)(O)O)COC(=O)N2)cc1. The van der Waals surface area contributed by atoms with E-state index in [2.05, 4.69) is 41.0 Å². The number of unbranched alkanes of at least 4 members (excludes halogenated alkanes) is 5. The Morgan fingerprint density at radius 1 is 1.07 bits per heavy atom. The van der Waals surface area contributed by atoms with Gasteiger partial charge in [-0.05, 0) is 36.8 Å². The largest absolute Gasteiger partial charge is 0.469 e. The quantitative estimate of drug-likeness (QED) is 0.332. The number of rotatable bonds is 13. The first-order valence-electron chi connectivity index (χ1n) is 10.0. The number of phosphoric acid groups is 1. The van der Waals surface area contributed by atoms with Gasteiger partial charge in [-0.2, -0.15) is 0 Å². The summed E-state index contributed by atoms with van der Waals surface area (Å²) in [5.74, 6) is 0. The molecule has 1 aromatic rings. The molecule has 0 bridgehead atoms. The minimum Gasteiger partial charge on any atom is -0.447 e. The number of cyclic esters (lactones) is 1. The summed E-state index contributed by atoms with van der Waals surface area (Å²) < 4.78 is 20.6. The van der Waals surface area contributed by atoms with Gasteiger partial charge in [-0.15, -0.1) is 0 Å². The molecule has 1 atom stereocenters. The highest BCUT2D eigenvalue weighted by molar-refractivity contribution is 7.46. The van der Waals surface area contributed by atoms with Gasteiger partial charge in [-0.3, -0.25) is 4.52 Å². The summed E-state index contributed by atoms with van der Waals surface area (Å²) in [6.07, 6.45) is 9.28. The minimum atomic E-state index is -4.61. The number of phosphoric ester groups is 1. The van der Waals surface area contributed by atoms with Gasteiger partial charge in [0.1, 0.15) is 12.1 Å². The maximum absolute atomic E-state index is 11.4. The Hall–Kier alpha value is -1.40. The van der Waals surface area contributed by atoms with Crippen molar-refractivity contribution in [2.45, 2.75) is 70.3 Å². The molecule has 1 unspecified atom stereocenters. The fraction of sp³-hybridized carbons (Fsp3) is 0.650. The third-order valence-electron chi connectivity index (χ3n) is 5.09. The number of carbonyl (C=O) groups is 1. The molecule has 1 aromatic carbocycles. The molecule has 0 saturated carbocycles. The topological polar surface area (TPSA) is 105 Å². The standard InChI is InChI=1S/C20H32NO6P/c1-2-3-4-5-6-7-8-17-9-11-18(12-10-17)13-14-20(15-26-19(22)21-20)16-27-28(23,24)25/h9-12H,2-8,13-16H2,1H3,(H,21,22)(H2,23,24,25). The first-order chi connectivity index (χ1) is 13.3. The first-order valence-corrected chi connectivity index (χ1v) is 11.6. The molecule has 0 aromatic heterocycles. The van der Waals surface area contributed by atoms with Crippen molar-refractivity contribution < 1.29 is 28.4 Å². The zero-order chi connectivity index (χ0) is 20.5. The van der Waals surface area contributed by atoms with Crippen LogP contribution in [-0.2, 0) is 26.7 Å². The van der Waals surface area contributed by atoms with Gasteiger partial charge >= 0.3 is 13.9 Å². The van der Waals surface area contributed by atoms with E-state index < -0.39 is 19.5 Å². The second-order valence-corrected chi connectivity index (χ2v) is 8.82. The number of benzene rings is 1. The highest BCUT2D eigenvalue weighted by Crippen LogP contribution is 2.38. The van der Waals surface area contributed by atoms with E-state index in [4.69, 9.17) is 14.5 Å². The summed E-state index contributed by atoms with van der Waals surface area (Å²) in [6, 6.07) is 8.40. The van der Waals surface area contributed by atoms with Gasteiger partial charge in [-0.25, -0.2) is 9.36 Å². The Morgan fingerprint density at radius 3 is 2.25 bits per heavy atom. The lowest BCUT2D eigenvalue weighted by atomic mass is 9.93. The van der Waals surface area contributed by atoms with Crippen molar-refractivity contribution in [1.29, 1.82) is 0 Å². The van der Waals surface area contributed by atoms with Crippen LogP contribution in [0.25, 0.3) is 0 Å². The highest BCUT2D eigenvalue weighted by Gasteiger charge is 2.41. The second-order valence-electron chi connectivity index (χ2n) is 7.58. The summed E-state index contributed by atoms with van der Waals surface area (Å²) in [4.78, 5) is 29.3. The second kappa shape index (κ2) is 11.0. The average Bonchev–Trinajstić information content (AvgIpc) is 3.03. The zero-order valence-corrected chi connectivity index (χ0v) is 17.5. The third kappa shape index (κ3) is 8.31. The van der Waals surface area contributed by atoms with Crippen molar-refractivity contribution in [2.75, 3.05) is 13.2 Å². The lowest BCUT2D eigenvalue weighted by Gasteiger charge is -2.26. The predicted octanol–water partition coefficient (Wildman–Crippen LogP) is 4.11. The number of hydrogen-bond acceptors (Lipinski definition) is 4. The summed E-state index contributed by atoms with van der Waals surface area (Å²) in [5, 5.41) is 2.64. The molecule has 158 valence electrons. The lowest BCUT2D eigenvalue weighted by Crippen LogP contribution is -2.47. The molecule has 1 fully saturated rings. The fourth-order valence-electron chi connectivity index (χ4n) is 3.35. The molecule has 1 amide bonds. The van der Waals surface area contributed by atoms with Crippen LogP contribution in [0.1, 0.15) is 63.0 Å². The third-order valence-corrected chi connectivity index (χ3v) is 5.56. The van der Waals surface area contributed by atoms with E-state index in [1.54, 1.807) is 0 Å². The Balaban J connectivity index is 1.80. The number of nitrogens with one attached hydrogen (secondary N) is 1. The maximum Gasteiger partial charge on any atom is 0.469 e. The normalized spacial score (nSPS) is 19.5. The molecule has 1 saturated heterocycles. The molecule has 1 heterocycles. The van der Waals surface area contributed by atoms with Crippen LogP contribution in [-0.4, -0.2) is 34.6 Å². The summed E-state index contributed by atoms with van der Waals surface area (Å²) in [7, 11) is -4.61. The van der Waals surface area contributed by atoms with E-state index in [1.165, 1.54) is 44.1 Å². The molecule has 0 spiro atoms. The molecule has 7 nitrogen and oxygen atoms in total. The molecule has 28 heavy (non-hydrogen) atoms. The van der Waals surface area contributed by atoms with E-state index in [9.17, 15) is 9.36 Å². The predicted molar refractivity (Wildman–Crippen MR) is 107 cm³/mol. The van der Waals surface area contributed by atoms with Crippen molar-refractivity contribution in [2.24, 2.45) is 0 Å². The first kappa shape index (κ1) is 22.9. The Labute approximate surface area is 167 Å². The van der Waals surface area contributed by atoms with Crippen molar-refractivity contribution in [3.63, 3.8) is 0 Å².